The van der Waals surface area contributed by atoms with Gasteiger partial charge in [0.2, 0.25) is 0 Å². The Balaban J connectivity index is 1.59. The Kier molecular flexibility index (Phi) is 6.39. The summed E-state index contributed by atoms with van der Waals surface area (Å²) in [7, 11) is 1.55. The average molecular weight is 448 g/mol. The molecule has 0 aliphatic rings. The number of ether oxygens (including phenoxy) is 1. The van der Waals surface area contributed by atoms with Crippen LogP contribution in [-0.2, 0) is 11.3 Å². The van der Waals surface area contributed by atoms with Crippen LogP contribution in [0.5, 0.6) is 5.75 Å². The fourth-order valence-electron chi connectivity index (χ4n) is 3.34. The van der Waals surface area contributed by atoms with E-state index in [9.17, 15) is 9.59 Å². The number of fused-ring (bicyclic) bond motifs is 1. The van der Waals surface area contributed by atoms with E-state index < -0.39 is 0 Å². The minimum absolute atomic E-state index is 0.0446. The van der Waals surface area contributed by atoms with Crippen LogP contribution in [0.4, 0.5) is 0 Å². The summed E-state index contributed by atoms with van der Waals surface area (Å²) in [4.78, 5) is 29.1. The Morgan fingerprint density at radius 3 is 2.73 bits per heavy atom. The van der Waals surface area contributed by atoms with Gasteiger partial charge in [-0.05, 0) is 41.8 Å². The Hall–Kier alpha value is -4.14. The molecule has 1 aromatic carbocycles. The first kappa shape index (κ1) is 22.1. The fraction of sp³-hybridized carbons (Fsp3) is 0.250. The zero-order chi connectivity index (χ0) is 23.4. The van der Waals surface area contributed by atoms with Gasteiger partial charge in [0, 0.05) is 13.6 Å². The van der Waals surface area contributed by atoms with Crippen LogP contribution in [0.3, 0.4) is 0 Å². The van der Waals surface area contributed by atoms with Gasteiger partial charge in [-0.3, -0.25) is 9.59 Å². The highest BCUT2D eigenvalue weighted by atomic mass is 16.5. The van der Waals surface area contributed by atoms with Crippen molar-refractivity contribution in [2.75, 3.05) is 13.7 Å². The predicted octanol–water partition coefficient (Wildman–Crippen LogP) is 3.66. The van der Waals surface area contributed by atoms with Crippen LogP contribution in [0.25, 0.3) is 22.6 Å². The first-order chi connectivity index (χ1) is 16.0. The number of furan rings is 1. The van der Waals surface area contributed by atoms with Gasteiger partial charge in [-0.2, -0.15) is 0 Å². The summed E-state index contributed by atoms with van der Waals surface area (Å²) in [5.41, 5.74) is 2.65. The predicted molar refractivity (Wildman–Crippen MR) is 121 cm³/mol. The number of pyridine rings is 1. The Morgan fingerprint density at radius 2 is 2.00 bits per heavy atom. The minimum Gasteiger partial charge on any atom is -0.484 e. The number of likely N-dealkylation sites (N-methyl/N-ethyl adjacent to an activating group) is 1. The van der Waals surface area contributed by atoms with Crippen molar-refractivity contribution in [3.05, 3.63) is 65.5 Å². The molecular weight excluding hydrogens is 424 g/mol. The van der Waals surface area contributed by atoms with E-state index in [0.717, 1.165) is 5.56 Å². The van der Waals surface area contributed by atoms with Gasteiger partial charge in [-0.15, -0.1) is 0 Å². The zero-order valence-electron chi connectivity index (χ0n) is 18.5. The van der Waals surface area contributed by atoms with Crippen LogP contribution in [0.2, 0.25) is 0 Å². The van der Waals surface area contributed by atoms with Crippen molar-refractivity contribution in [2.24, 2.45) is 0 Å². The maximum absolute atomic E-state index is 13.2. The number of hydrogen-bond acceptors (Lipinski definition) is 7. The Bertz CT molecular complexity index is 1280. The van der Waals surface area contributed by atoms with Crippen LogP contribution in [-0.4, -0.2) is 35.6 Å². The Morgan fingerprint density at radius 1 is 1.15 bits per heavy atom. The number of carbonyl (C=O) groups excluding carboxylic acids is 2. The molecule has 3 aromatic heterocycles. The summed E-state index contributed by atoms with van der Waals surface area (Å²) in [6.45, 7) is 4.13. The van der Waals surface area contributed by atoms with Crippen LogP contribution in [0.1, 0.15) is 41.4 Å². The lowest BCUT2D eigenvalue weighted by Gasteiger charge is -2.10. The molecule has 0 bridgehead atoms. The van der Waals surface area contributed by atoms with E-state index in [2.05, 4.69) is 20.8 Å². The third-order valence-electron chi connectivity index (χ3n) is 5.04. The van der Waals surface area contributed by atoms with Gasteiger partial charge in [0.05, 0.1) is 22.9 Å². The van der Waals surface area contributed by atoms with Crippen molar-refractivity contribution in [3.8, 4) is 17.2 Å². The molecule has 0 spiro atoms. The lowest BCUT2D eigenvalue weighted by atomic mass is 10.0. The normalized spacial score (nSPS) is 11.0. The molecule has 0 radical (unpaired) electrons. The second kappa shape index (κ2) is 9.56. The molecule has 3 heterocycles. The molecule has 33 heavy (non-hydrogen) atoms. The number of benzene rings is 1. The number of nitrogens with zero attached hydrogens (tertiary/aromatic N) is 2. The van der Waals surface area contributed by atoms with Crippen LogP contribution in [0, 0.1) is 0 Å². The van der Waals surface area contributed by atoms with Gasteiger partial charge in [0.1, 0.15) is 11.4 Å². The highest BCUT2D eigenvalue weighted by Gasteiger charge is 2.23. The molecule has 0 aliphatic heterocycles. The van der Waals surface area contributed by atoms with Crippen molar-refractivity contribution >= 4 is 22.9 Å². The first-order valence-corrected chi connectivity index (χ1v) is 10.5. The first-order valence-electron chi connectivity index (χ1n) is 10.5. The maximum atomic E-state index is 13.2. The molecule has 0 saturated heterocycles. The molecule has 9 heteroatoms. The van der Waals surface area contributed by atoms with Gasteiger partial charge < -0.3 is 24.3 Å². The van der Waals surface area contributed by atoms with E-state index in [0.29, 0.717) is 33.8 Å². The number of aromatic nitrogens is 2. The largest absolute Gasteiger partial charge is 0.484 e. The van der Waals surface area contributed by atoms with Crippen LogP contribution in [0.15, 0.2) is 57.7 Å². The quantitative estimate of drug-likeness (QED) is 0.422. The van der Waals surface area contributed by atoms with Crippen molar-refractivity contribution in [1.82, 2.24) is 20.8 Å². The summed E-state index contributed by atoms with van der Waals surface area (Å²) < 4.78 is 16.4. The molecule has 0 atom stereocenters. The molecule has 4 aromatic rings. The summed E-state index contributed by atoms with van der Waals surface area (Å²) in [5.74, 6) is 0.588. The number of carbonyl (C=O) groups is 2. The van der Waals surface area contributed by atoms with Crippen molar-refractivity contribution in [3.63, 3.8) is 0 Å². The molecule has 0 unspecified atom stereocenters. The molecule has 0 fully saturated rings. The number of hydrogen-bond donors (Lipinski definition) is 2. The molecule has 0 aliphatic carbocycles. The summed E-state index contributed by atoms with van der Waals surface area (Å²) in [5, 5.41) is 10.2. The molecule has 9 nitrogen and oxygen atoms in total. The number of nitrogens with one attached hydrogen (secondary N) is 2. The van der Waals surface area contributed by atoms with E-state index in [1.165, 1.54) is 0 Å². The summed E-state index contributed by atoms with van der Waals surface area (Å²) >= 11 is 0. The van der Waals surface area contributed by atoms with E-state index in [-0.39, 0.29) is 36.6 Å². The van der Waals surface area contributed by atoms with Gasteiger partial charge in [-0.1, -0.05) is 31.1 Å². The van der Waals surface area contributed by atoms with E-state index >= 15 is 0 Å². The van der Waals surface area contributed by atoms with Crippen LogP contribution < -0.4 is 15.4 Å². The topological polar surface area (TPSA) is 119 Å². The molecule has 170 valence electrons. The second-order valence-corrected chi connectivity index (χ2v) is 7.73. The fourth-order valence-corrected chi connectivity index (χ4v) is 3.34. The van der Waals surface area contributed by atoms with E-state index in [1.54, 1.807) is 49.7 Å². The number of amides is 2. The van der Waals surface area contributed by atoms with Crippen molar-refractivity contribution in [2.45, 2.75) is 26.3 Å². The van der Waals surface area contributed by atoms with Crippen molar-refractivity contribution in [1.29, 1.82) is 0 Å². The van der Waals surface area contributed by atoms with Gasteiger partial charge >= 0.3 is 0 Å². The lowest BCUT2D eigenvalue weighted by Crippen LogP contribution is -2.25. The highest BCUT2D eigenvalue weighted by molar-refractivity contribution is 6.07. The van der Waals surface area contributed by atoms with Gasteiger partial charge in [0.15, 0.2) is 12.4 Å². The van der Waals surface area contributed by atoms with E-state index in [4.69, 9.17) is 13.7 Å². The standard InChI is InChI=1S/C24H24N4O5/c1-14(2)22-21-17(11-18(19-8-5-9-31-19)27-24(21)33-28-22)23(30)26-12-15-6-4-7-16(10-15)32-13-20(29)25-3/h4-11,14H,12-13H2,1-3H3,(H,25,29)(H,26,30). The average Bonchev–Trinajstić information content (AvgIpc) is 3.51. The molecule has 2 amide bonds. The molecule has 4 rings (SSSR count). The summed E-state index contributed by atoms with van der Waals surface area (Å²) in [6, 6.07) is 12.4. The SMILES string of the molecule is CNC(=O)COc1cccc(CNC(=O)c2cc(-c3ccco3)nc3onc(C(C)C)c23)c1. The molecule has 2 N–H and O–H groups in total. The van der Waals surface area contributed by atoms with E-state index in [1.807, 2.05) is 19.9 Å². The molecule has 0 saturated carbocycles. The van der Waals surface area contributed by atoms with Gasteiger partial charge in [0.25, 0.3) is 17.5 Å². The molecular formula is C24H24N4O5. The Labute approximate surface area is 190 Å². The van der Waals surface area contributed by atoms with Gasteiger partial charge in [-0.25, -0.2) is 4.98 Å². The third-order valence-corrected chi connectivity index (χ3v) is 5.04. The monoisotopic (exact) mass is 448 g/mol. The van der Waals surface area contributed by atoms with Crippen LogP contribution >= 0.6 is 0 Å². The van der Waals surface area contributed by atoms with Crippen molar-refractivity contribution < 1.29 is 23.3 Å². The summed E-state index contributed by atoms with van der Waals surface area (Å²) in [6.07, 6.45) is 1.54. The number of rotatable bonds is 8. The highest BCUT2D eigenvalue weighted by Crippen LogP contribution is 2.30. The maximum Gasteiger partial charge on any atom is 0.259 e. The smallest absolute Gasteiger partial charge is 0.259 e. The zero-order valence-corrected chi connectivity index (χ0v) is 18.5. The lowest BCUT2D eigenvalue weighted by molar-refractivity contribution is -0.122. The second-order valence-electron chi connectivity index (χ2n) is 7.73. The third kappa shape index (κ3) is 4.87. The minimum atomic E-state index is -0.294.